The SMILES string of the molecule is O=S1(=O)N=C(N/N=C/c2ccc(Br)o2)c2ccccc21. The van der Waals surface area contributed by atoms with Gasteiger partial charge in [0, 0.05) is 5.56 Å². The number of rotatable bonds is 2. The number of amidine groups is 1. The lowest BCUT2D eigenvalue weighted by atomic mass is 10.2. The van der Waals surface area contributed by atoms with Gasteiger partial charge in [-0.3, -0.25) is 5.43 Å². The van der Waals surface area contributed by atoms with Gasteiger partial charge >= 0.3 is 0 Å². The number of benzene rings is 1. The van der Waals surface area contributed by atoms with Gasteiger partial charge in [-0.15, -0.1) is 4.40 Å². The summed E-state index contributed by atoms with van der Waals surface area (Å²) in [6, 6.07) is 10.0. The minimum atomic E-state index is -3.63. The van der Waals surface area contributed by atoms with Crippen molar-refractivity contribution in [2.45, 2.75) is 4.90 Å². The van der Waals surface area contributed by atoms with Crippen molar-refractivity contribution >= 4 is 38.0 Å². The van der Waals surface area contributed by atoms with Gasteiger partial charge < -0.3 is 4.42 Å². The first-order chi connectivity index (χ1) is 9.56. The first-order valence-corrected chi connectivity index (χ1v) is 7.78. The third-order valence-corrected chi connectivity index (χ3v) is 4.35. The molecule has 0 spiro atoms. The Labute approximate surface area is 123 Å². The summed E-state index contributed by atoms with van der Waals surface area (Å²) in [5.74, 6) is 0.724. The third-order valence-electron chi connectivity index (χ3n) is 2.59. The minimum Gasteiger partial charge on any atom is -0.448 e. The van der Waals surface area contributed by atoms with Crippen molar-refractivity contribution in [2.24, 2.45) is 9.50 Å². The van der Waals surface area contributed by atoms with Crippen LogP contribution in [0.15, 0.2) is 59.9 Å². The van der Waals surface area contributed by atoms with Gasteiger partial charge in [0.2, 0.25) is 0 Å². The Morgan fingerprint density at radius 3 is 2.80 bits per heavy atom. The van der Waals surface area contributed by atoms with Gasteiger partial charge in [0.25, 0.3) is 10.0 Å². The zero-order valence-corrected chi connectivity index (χ0v) is 12.3. The molecular weight excluding hydrogens is 346 g/mol. The molecule has 6 nitrogen and oxygen atoms in total. The van der Waals surface area contributed by atoms with Crippen LogP contribution in [0.4, 0.5) is 0 Å². The Hall–Kier alpha value is -1.93. The highest BCUT2D eigenvalue weighted by Crippen LogP contribution is 2.24. The van der Waals surface area contributed by atoms with E-state index in [0.717, 1.165) is 0 Å². The van der Waals surface area contributed by atoms with Gasteiger partial charge in [0.1, 0.15) is 10.7 Å². The maximum atomic E-state index is 11.8. The summed E-state index contributed by atoms with van der Waals surface area (Å²) >= 11 is 3.17. The van der Waals surface area contributed by atoms with Crippen LogP contribution in [0.2, 0.25) is 0 Å². The molecule has 0 saturated carbocycles. The highest BCUT2D eigenvalue weighted by Gasteiger charge is 2.28. The van der Waals surface area contributed by atoms with E-state index in [1.807, 2.05) is 0 Å². The summed E-state index contributed by atoms with van der Waals surface area (Å²) < 4.78 is 33.1. The molecule has 20 heavy (non-hydrogen) atoms. The standard InChI is InChI=1S/C12H8BrN3O3S/c13-11-6-5-8(19-11)7-14-15-12-9-3-1-2-4-10(9)20(17,18)16-12/h1-7H,(H,15,16)/b14-7+. The number of nitrogens with one attached hydrogen (secondary N) is 1. The Kier molecular flexibility index (Phi) is 3.19. The fourth-order valence-corrected chi connectivity index (χ4v) is 3.23. The molecule has 1 aromatic carbocycles. The van der Waals surface area contributed by atoms with E-state index < -0.39 is 10.0 Å². The third kappa shape index (κ3) is 2.39. The van der Waals surface area contributed by atoms with Crippen LogP contribution >= 0.6 is 15.9 Å². The number of hydrogen-bond acceptors (Lipinski definition) is 5. The molecule has 0 aliphatic carbocycles. The second kappa shape index (κ2) is 4.88. The Morgan fingerprint density at radius 2 is 2.05 bits per heavy atom. The van der Waals surface area contributed by atoms with Crippen LogP contribution in [-0.4, -0.2) is 20.5 Å². The van der Waals surface area contributed by atoms with Crippen molar-refractivity contribution in [3.05, 3.63) is 52.4 Å². The van der Waals surface area contributed by atoms with Crippen LogP contribution in [0.3, 0.4) is 0 Å². The van der Waals surface area contributed by atoms with Gasteiger partial charge in [-0.1, -0.05) is 12.1 Å². The molecule has 8 heteroatoms. The molecule has 0 amide bonds. The number of furan rings is 1. The van der Waals surface area contributed by atoms with Crippen LogP contribution in [0.25, 0.3) is 0 Å². The molecule has 0 saturated heterocycles. The van der Waals surface area contributed by atoms with Crippen molar-refractivity contribution in [2.75, 3.05) is 0 Å². The lowest BCUT2D eigenvalue weighted by Crippen LogP contribution is -2.17. The molecule has 1 N–H and O–H groups in total. The second-order valence-electron chi connectivity index (χ2n) is 3.92. The maximum absolute atomic E-state index is 11.8. The van der Waals surface area contributed by atoms with Crippen molar-refractivity contribution in [1.29, 1.82) is 0 Å². The van der Waals surface area contributed by atoms with Crippen molar-refractivity contribution in [3.8, 4) is 0 Å². The molecule has 0 fully saturated rings. The molecule has 2 aromatic rings. The largest absolute Gasteiger partial charge is 0.448 e. The van der Waals surface area contributed by atoms with E-state index in [9.17, 15) is 8.42 Å². The summed E-state index contributed by atoms with van der Waals surface area (Å²) in [6.45, 7) is 0. The Bertz CT molecular complexity index is 824. The summed E-state index contributed by atoms with van der Waals surface area (Å²) in [4.78, 5) is 0.179. The second-order valence-corrected chi connectivity index (χ2v) is 6.28. The average molecular weight is 354 g/mol. The minimum absolute atomic E-state index is 0.179. The number of hydrazone groups is 1. The first-order valence-electron chi connectivity index (χ1n) is 5.55. The molecule has 0 unspecified atom stereocenters. The van der Waals surface area contributed by atoms with Gasteiger partial charge in [0.15, 0.2) is 10.5 Å². The van der Waals surface area contributed by atoms with Crippen LogP contribution in [-0.2, 0) is 10.0 Å². The summed E-state index contributed by atoms with van der Waals surface area (Å²) in [5, 5.41) is 3.92. The fourth-order valence-electron chi connectivity index (χ4n) is 1.74. The lowest BCUT2D eigenvalue weighted by Gasteiger charge is -1.99. The van der Waals surface area contributed by atoms with Crippen molar-refractivity contribution < 1.29 is 12.8 Å². The molecule has 1 aromatic heterocycles. The molecule has 2 heterocycles. The molecular formula is C12H8BrN3O3S. The van der Waals surface area contributed by atoms with E-state index in [0.29, 0.717) is 16.0 Å². The van der Waals surface area contributed by atoms with Gasteiger partial charge in [-0.2, -0.15) is 13.5 Å². The molecule has 0 bridgehead atoms. The highest BCUT2D eigenvalue weighted by molar-refractivity contribution is 9.10. The highest BCUT2D eigenvalue weighted by atomic mass is 79.9. The average Bonchev–Trinajstić information content (AvgIpc) is 2.93. The van der Waals surface area contributed by atoms with E-state index in [-0.39, 0.29) is 10.7 Å². The summed E-state index contributed by atoms with van der Waals surface area (Å²) in [6.07, 6.45) is 1.43. The molecule has 1 aliphatic heterocycles. The van der Waals surface area contributed by atoms with E-state index in [1.165, 1.54) is 12.3 Å². The van der Waals surface area contributed by atoms with E-state index in [2.05, 4.69) is 30.9 Å². The molecule has 102 valence electrons. The van der Waals surface area contributed by atoms with Crippen LogP contribution in [0.1, 0.15) is 11.3 Å². The number of nitrogens with zero attached hydrogens (tertiary/aromatic N) is 2. The molecule has 0 atom stereocenters. The summed E-state index contributed by atoms with van der Waals surface area (Å²) in [5.41, 5.74) is 3.12. The molecule has 3 rings (SSSR count). The monoisotopic (exact) mass is 353 g/mol. The zero-order chi connectivity index (χ0) is 14.2. The maximum Gasteiger partial charge on any atom is 0.285 e. The number of sulfonamides is 1. The normalized spacial score (nSPS) is 16.1. The van der Waals surface area contributed by atoms with Crippen LogP contribution < -0.4 is 5.43 Å². The lowest BCUT2D eigenvalue weighted by molar-refractivity contribution is 0.534. The van der Waals surface area contributed by atoms with Crippen LogP contribution in [0, 0.1) is 0 Å². The van der Waals surface area contributed by atoms with Gasteiger partial charge in [-0.05, 0) is 40.2 Å². The van der Waals surface area contributed by atoms with E-state index in [4.69, 9.17) is 4.42 Å². The van der Waals surface area contributed by atoms with Crippen molar-refractivity contribution in [3.63, 3.8) is 0 Å². The topological polar surface area (TPSA) is 84.0 Å². The predicted molar refractivity (Wildman–Crippen MR) is 77.3 cm³/mol. The first kappa shape index (κ1) is 13.1. The number of halogens is 1. The van der Waals surface area contributed by atoms with Gasteiger partial charge in [0.05, 0.1) is 6.21 Å². The van der Waals surface area contributed by atoms with E-state index in [1.54, 1.807) is 30.3 Å². The summed E-state index contributed by atoms with van der Waals surface area (Å²) in [7, 11) is -3.63. The van der Waals surface area contributed by atoms with Gasteiger partial charge in [-0.25, -0.2) is 0 Å². The number of fused-ring (bicyclic) bond motifs is 1. The molecule has 0 radical (unpaired) electrons. The molecule has 1 aliphatic rings. The quantitative estimate of drug-likeness (QED) is 0.661. The fraction of sp³-hybridized carbons (Fsp3) is 0. The van der Waals surface area contributed by atoms with Crippen molar-refractivity contribution in [1.82, 2.24) is 5.43 Å². The van der Waals surface area contributed by atoms with Crippen LogP contribution in [0.5, 0.6) is 0 Å². The Balaban J connectivity index is 1.84. The predicted octanol–water partition coefficient (Wildman–Crippen LogP) is 2.11. The number of hydrogen-bond donors (Lipinski definition) is 1. The zero-order valence-electron chi connectivity index (χ0n) is 9.95. The Morgan fingerprint density at radius 1 is 1.25 bits per heavy atom. The van der Waals surface area contributed by atoms with E-state index >= 15 is 0 Å². The smallest absolute Gasteiger partial charge is 0.285 e.